The van der Waals surface area contributed by atoms with Crippen LogP contribution in [0, 0.1) is 5.92 Å². The van der Waals surface area contributed by atoms with Crippen LogP contribution < -0.4 is 5.73 Å². The Bertz CT molecular complexity index is 81.1. The summed E-state index contributed by atoms with van der Waals surface area (Å²) in [6.07, 6.45) is 1.54. The van der Waals surface area contributed by atoms with Crippen LogP contribution in [0.25, 0.3) is 0 Å². The highest BCUT2D eigenvalue weighted by molar-refractivity contribution is 5.58. The zero-order valence-corrected chi connectivity index (χ0v) is 6.00. The molecule has 0 aromatic carbocycles. The molecule has 0 atom stereocenters. The predicted octanol–water partition coefficient (Wildman–Crippen LogP) is 0.604. The fraction of sp³-hybridized carbons (Fsp3) is 0.833. The van der Waals surface area contributed by atoms with E-state index in [0.29, 0.717) is 19.1 Å². The first kappa shape index (κ1) is 8.43. The van der Waals surface area contributed by atoms with Gasteiger partial charge in [0.25, 0.3) is 0 Å². The Kier molecular flexibility index (Phi) is 5.21. The van der Waals surface area contributed by atoms with Crippen LogP contribution in [-0.2, 0) is 4.84 Å². The quantitative estimate of drug-likeness (QED) is 0.447. The molecule has 0 heterocycles. The van der Waals surface area contributed by atoms with E-state index in [0.717, 1.165) is 0 Å². The summed E-state index contributed by atoms with van der Waals surface area (Å²) in [7, 11) is 0. The number of nitrogens with two attached hydrogens (primary N) is 1. The molecule has 0 aliphatic carbocycles. The lowest BCUT2D eigenvalue weighted by atomic mass is 10.2. The second-order valence-electron chi connectivity index (χ2n) is 2.21. The Morgan fingerprint density at radius 3 is 2.78 bits per heavy atom. The molecule has 54 valence electrons. The summed E-state index contributed by atoms with van der Waals surface area (Å²) in [5.74, 6) is 0.528. The van der Waals surface area contributed by atoms with Gasteiger partial charge in [-0.1, -0.05) is 19.0 Å². The van der Waals surface area contributed by atoms with Crippen LogP contribution in [-0.4, -0.2) is 19.4 Å². The van der Waals surface area contributed by atoms with Crippen LogP contribution in [0.4, 0.5) is 0 Å². The molecule has 0 rings (SSSR count). The van der Waals surface area contributed by atoms with Gasteiger partial charge in [0.1, 0.15) is 6.61 Å². The van der Waals surface area contributed by atoms with Gasteiger partial charge in [0, 0.05) is 6.54 Å². The molecule has 0 amide bonds. The second kappa shape index (κ2) is 5.56. The molecule has 0 bridgehead atoms. The van der Waals surface area contributed by atoms with Gasteiger partial charge in [-0.15, -0.1) is 0 Å². The van der Waals surface area contributed by atoms with Crippen molar-refractivity contribution in [3.05, 3.63) is 0 Å². The van der Waals surface area contributed by atoms with Crippen molar-refractivity contribution in [1.82, 2.24) is 0 Å². The van der Waals surface area contributed by atoms with Crippen molar-refractivity contribution < 1.29 is 4.84 Å². The fourth-order valence-electron chi connectivity index (χ4n) is 0.288. The summed E-state index contributed by atoms with van der Waals surface area (Å²) in [4.78, 5) is 4.82. The molecule has 3 heteroatoms. The van der Waals surface area contributed by atoms with Gasteiger partial charge in [0.2, 0.25) is 0 Å². The molecule has 0 aromatic rings. The van der Waals surface area contributed by atoms with Crippen LogP contribution in [0.2, 0.25) is 0 Å². The maximum Gasteiger partial charge on any atom is 0.119 e. The monoisotopic (exact) mass is 130 g/mol. The first-order valence-corrected chi connectivity index (χ1v) is 3.11. The van der Waals surface area contributed by atoms with Gasteiger partial charge in [0.05, 0.1) is 6.21 Å². The maximum atomic E-state index is 5.12. The first-order valence-electron chi connectivity index (χ1n) is 3.11. The standard InChI is InChI=1S/C6H14N2O/c1-6(2)5-9-8-4-3-7/h4,6H,3,5,7H2,1-2H3. The molecular weight excluding hydrogens is 116 g/mol. The molecule has 0 fully saturated rings. The van der Waals surface area contributed by atoms with Crippen LogP contribution >= 0.6 is 0 Å². The highest BCUT2D eigenvalue weighted by Gasteiger charge is 1.89. The zero-order valence-electron chi connectivity index (χ0n) is 6.00. The van der Waals surface area contributed by atoms with Crippen molar-refractivity contribution in [3.63, 3.8) is 0 Å². The van der Waals surface area contributed by atoms with Crippen molar-refractivity contribution in [2.24, 2.45) is 16.8 Å². The van der Waals surface area contributed by atoms with Gasteiger partial charge < -0.3 is 10.6 Å². The molecule has 3 nitrogen and oxygen atoms in total. The normalized spacial score (nSPS) is 11.1. The molecule has 0 unspecified atom stereocenters. The Morgan fingerprint density at radius 2 is 2.33 bits per heavy atom. The minimum absolute atomic E-state index is 0.443. The Balaban J connectivity index is 2.99. The first-order chi connectivity index (χ1) is 4.27. The molecule has 0 saturated carbocycles. The predicted molar refractivity (Wildman–Crippen MR) is 38.3 cm³/mol. The van der Waals surface area contributed by atoms with E-state index < -0.39 is 0 Å². The molecule has 9 heavy (non-hydrogen) atoms. The molecule has 2 N–H and O–H groups in total. The smallest absolute Gasteiger partial charge is 0.119 e. The van der Waals surface area contributed by atoms with Gasteiger partial charge in [-0.25, -0.2) is 0 Å². The lowest BCUT2D eigenvalue weighted by molar-refractivity contribution is 0.119. The van der Waals surface area contributed by atoms with E-state index >= 15 is 0 Å². The molecule has 0 aromatic heterocycles. The van der Waals surface area contributed by atoms with E-state index in [1.165, 1.54) is 0 Å². The van der Waals surface area contributed by atoms with Crippen molar-refractivity contribution in [3.8, 4) is 0 Å². The second-order valence-corrected chi connectivity index (χ2v) is 2.21. The van der Waals surface area contributed by atoms with Crippen LogP contribution in [0.5, 0.6) is 0 Å². The van der Waals surface area contributed by atoms with Gasteiger partial charge in [-0.3, -0.25) is 0 Å². The molecule has 0 spiro atoms. The number of nitrogens with zero attached hydrogens (tertiary/aromatic N) is 1. The van der Waals surface area contributed by atoms with E-state index in [-0.39, 0.29) is 0 Å². The van der Waals surface area contributed by atoms with Crippen LogP contribution in [0.3, 0.4) is 0 Å². The lowest BCUT2D eigenvalue weighted by Crippen LogP contribution is -2.02. The zero-order chi connectivity index (χ0) is 7.11. The Hall–Kier alpha value is -0.570. The summed E-state index contributed by atoms with van der Waals surface area (Å²) in [5.41, 5.74) is 5.12. The van der Waals surface area contributed by atoms with Gasteiger partial charge in [-0.2, -0.15) is 0 Å². The molecule has 0 aliphatic heterocycles. The molecule has 0 radical (unpaired) electrons. The fourth-order valence-corrected chi connectivity index (χ4v) is 0.288. The van der Waals surface area contributed by atoms with Gasteiger partial charge >= 0.3 is 0 Å². The number of oxime groups is 1. The van der Waals surface area contributed by atoms with E-state index in [4.69, 9.17) is 10.6 Å². The third-order valence-electron chi connectivity index (χ3n) is 0.662. The summed E-state index contributed by atoms with van der Waals surface area (Å²) in [5, 5.41) is 3.58. The molecule has 0 saturated heterocycles. The van der Waals surface area contributed by atoms with E-state index in [1.807, 2.05) is 0 Å². The minimum atomic E-state index is 0.443. The Labute approximate surface area is 55.9 Å². The van der Waals surface area contributed by atoms with E-state index in [1.54, 1.807) is 6.21 Å². The largest absolute Gasteiger partial charge is 0.396 e. The summed E-state index contributed by atoms with van der Waals surface area (Å²) in [6.45, 7) is 5.24. The van der Waals surface area contributed by atoms with Crippen LogP contribution in [0.15, 0.2) is 5.16 Å². The Morgan fingerprint density at radius 1 is 1.67 bits per heavy atom. The van der Waals surface area contributed by atoms with Crippen molar-refractivity contribution >= 4 is 6.21 Å². The number of rotatable bonds is 4. The highest BCUT2D eigenvalue weighted by atomic mass is 16.6. The summed E-state index contributed by atoms with van der Waals surface area (Å²) >= 11 is 0. The SMILES string of the molecule is CC(C)CON=CCN. The average Bonchev–Trinajstić information content (AvgIpc) is 1.80. The van der Waals surface area contributed by atoms with Crippen molar-refractivity contribution in [2.75, 3.05) is 13.2 Å². The molecule has 0 aliphatic rings. The summed E-state index contributed by atoms with van der Waals surface area (Å²) in [6, 6.07) is 0. The third-order valence-corrected chi connectivity index (χ3v) is 0.662. The maximum absolute atomic E-state index is 5.12. The van der Waals surface area contributed by atoms with Crippen LogP contribution in [0.1, 0.15) is 13.8 Å². The van der Waals surface area contributed by atoms with E-state index in [9.17, 15) is 0 Å². The van der Waals surface area contributed by atoms with Crippen molar-refractivity contribution in [2.45, 2.75) is 13.8 Å². The van der Waals surface area contributed by atoms with E-state index in [2.05, 4.69) is 19.0 Å². The van der Waals surface area contributed by atoms with Gasteiger partial charge in [0.15, 0.2) is 0 Å². The highest BCUT2D eigenvalue weighted by Crippen LogP contribution is 1.90. The third kappa shape index (κ3) is 7.43. The minimum Gasteiger partial charge on any atom is -0.396 e. The average molecular weight is 130 g/mol. The molecular formula is C6H14N2O. The lowest BCUT2D eigenvalue weighted by Gasteiger charge is -1.99. The topological polar surface area (TPSA) is 47.6 Å². The van der Waals surface area contributed by atoms with Gasteiger partial charge in [-0.05, 0) is 5.92 Å². The number of hydrogen-bond donors (Lipinski definition) is 1. The number of hydrogen-bond acceptors (Lipinski definition) is 3. The van der Waals surface area contributed by atoms with Crippen molar-refractivity contribution in [1.29, 1.82) is 0 Å². The summed E-state index contributed by atoms with van der Waals surface area (Å²) < 4.78 is 0.